The third-order valence-electron chi connectivity index (χ3n) is 4.51. The number of likely N-dealkylation sites (tertiary alicyclic amines) is 1. The average molecular weight is 332 g/mol. The van der Waals surface area contributed by atoms with Crippen molar-refractivity contribution in [3.8, 4) is 5.75 Å². The van der Waals surface area contributed by atoms with E-state index in [1.165, 1.54) is 17.7 Å². The molecule has 2 N–H and O–H groups in total. The number of rotatable bonds is 4. The molecule has 0 amide bonds. The van der Waals surface area contributed by atoms with E-state index in [-0.39, 0.29) is 6.04 Å². The zero-order valence-corrected chi connectivity index (χ0v) is 13.7. The number of halogens is 2. The van der Waals surface area contributed by atoms with Crippen molar-refractivity contribution in [2.45, 2.75) is 24.9 Å². The number of methoxy groups -OCH3 is 1. The third kappa shape index (κ3) is 3.91. The second-order valence-corrected chi connectivity index (χ2v) is 6.41. The van der Waals surface area contributed by atoms with Gasteiger partial charge in [-0.1, -0.05) is 18.2 Å². The third-order valence-corrected chi connectivity index (χ3v) is 4.51. The van der Waals surface area contributed by atoms with Gasteiger partial charge in [0.1, 0.15) is 5.75 Å². The van der Waals surface area contributed by atoms with Gasteiger partial charge in [0.25, 0.3) is 0 Å². The Balaban J connectivity index is 1.74. The molecule has 2 unspecified atom stereocenters. The zero-order chi connectivity index (χ0) is 17.1. The lowest BCUT2D eigenvalue weighted by Crippen LogP contribution is -2.45. The summed E-state index contributed by atoms with van der Waals surface area (Å²) >= 11 is 0. The second-order valence-electron chi connectivity index (χ2n) is 6.41. The smallest absolute Gasteiger partial charge is 0.159 e. The van der Waals surface area contributed by atoms with Crippen LogP contribution in [0.2, 0.25) is 0 Å². The Bertz CT molecular complexity index is 708. The van der Waals surface area contributed by atoms with E-state index in [0.29, 0.717) is 12.5 Å². The monoisotopic (exact) mass is 332 g/mol. The highest BCUT2D eigenvalue weighted by Crippen LogP contribution is 2.29. The van der Waals surface area contributed by atoms with Gasteiger partial charge in [-0.2, -0.15) is 0 Å². The summed E-state index contributed by atoms with van der Waals surface area (Å²) in [5.41, 5.74) is 8.18. The Morgan fingerprint density at radius 3 is 2.71 bits per heavy atom. The van der Waals surface area contributed by atoms with Gasteiger partial charge < -0.3 is 10.5 Å². The fraction of sp³-hybridized carbons (Fsp3) is 0.368. The number of nitrogens with two attached hydrogens (primary N) is 1. The number of hydrogen-bond acceptors (Lipinski definition) is 3. The molecule has 1 fully saturated rings. The second kappa shape index (κ2) is 7.28. The van der Waals surface area contributed by atoms with Crippen LogP contribution in [0.5, 0.6) is 5.75 Å². The molecule has 3 nitrogen and oxygen atoms in total. The van der Waals surface area contributed by atoms with Crippen LogP contribution in [0.4, 0.5) is 8.78 Å². The Labute approximate surface area is 141 Å². The fourth-order valence-electron chi connectivity index (χ4n) is 3.39. The summed E-state index contributed by atoms with van der Waals surface area (Å²) in [6.07, 6.45) is 0.904. The molecule has 0 spiro atoms. The molecular weight excluding hydrogens is 310 g/mol. The van der Waals surface area contributed by atoms with Crippen molar-refractivity contribution in [3.05, 3.63) is 65.2 Å². The maximum absolute atomic E-state index is 13.4. The van der Waals surface area contributed by atoms with E-state index in [9.17, 15) is 8.78 Å². The first-order valence-electron chi connectivity index (χ1n) is 8.11. The predicted molar refractivity (Wildman–Crippen MR) is 90.0 cm³/mol. The minimum atomic E-state index is -0.816. The van der Waals surface area contributed by atoms with Gasteiger partial charge in [-0.3, -0.25) is 4.90 Å². The molecule has 3 rings (SSSR count). The molecule has 0 aromatic heterocycles. The molecule has 2 aromatic carbocycles. The summed E-state index contributed by atoms with van der Waals surface area (Å²) in [5.74, 6) is -0.491. The standard InChI is InChI=1S/C19H22F2N2O/c1-24-17-4-2-3-14(9-17)15-8-16(22)12-23(11-15)10-13-5-6-18(20)19(21)7-13/h2-7,9,15-16H,8,10-12,22H2,1H3. The Morgan fingerprint density at radius 2 is 1.96 bits per heavy atom. The minimum absolute atomic E-state index is 0.0558. The molecular formula is C19H22F2N2O. The molecule has 1 saturated heterocycles. The molecule has 1 aliphatic rings. The molecule has 1 aliphatic heterocycles. The van der Waals surface area contributed by atoms with Crippen LogP contribution >= 0.6 is 0 Å². The van der Waals surface area contributed by atoms with Crippen LogP contribution in [-0.4, -0.2) is 31.1 Å². The van der Waals surface area contributed by atoms with Gasteiger partial charge in [0.15, 0.2) is 11.6 Å². The Morgan fingerprint density at radius 1 is 1.12 bits per heavy atom. The Kier molecular flexibility index (Phi) is 5.11. The van der Waals surface area contributed by atoms with Crippen LogP contribution in [0.1, 0.15) is 23.5 Å². The topological polar surface area (TPSA) is 38.5 Å². The summed E-state index contributed by atoms with van der Waals surface area (Å²) in [5, 5.41) is 0. The molecule has 24 heavy (non-hydrogen) atoms. The highest BCUT2D eigenvalue weighted by atomic mass is 19.2. The minimum Gasteiger partial charge on any atom is -0.497 e. The molecule has 0 bridgehead atoms. The highest BCUT2D eigenvalue weighted by molar-refractivity contribution is 5.31. The molecule has 0 saturated carbocycles. The van der Waals surface area contributed by atoms with Crippen molar-refractivity contribution in [1.82, 2.24) is 4.90 Å². The summed E-state index contributed by atoms with van der Waals surface area (Å²) in [7, 11) is 1.65. The molecule has 0 aliphatic carbocycles. The quantitative estimate of drug-likeness (QED) is 0.934. The van der Waals surface area contributed by atoms with Crippen LogP contribution in [-0.2, 0) is 6.54 Å². The lowest BCUT2D eigenvalue weighted by atomic mass is 9.88. The van der Waals surface area contributed by atoms with E-state index in [4.69, 9.17) is 10.5 Å². The molecule has 2 aromatic rings. The van der Waals surface area contributed by atoms with Crippen molar-refractivity contribution in [2.75, 3.05) is 20.2 Å². The van der Waals surface area contributed by atoms with Crippen LogP contribution < -0.4 is 10.5 Å². The van der Waals surface area contributed by atoms with Crippen molar-refractivity contribution < 1.29 is 13.5 Å². The summed E-state index contributed by atoms with van der Waals surface area (Å²) < 4.78 is 31.8. The van der Waals surface area contributed by atoms with Gasteiger partial charge in [0, 0.05) is 25.7 Å². The number of hydrogen-bond donors (Lipinski definition) is 1. The summed E-state index contributed by atoms with van der Waals surface area (Å²) in [4.78, 5) is 2.20. The van der Waals surface area contributed by atoms with E-state index < -0.39 is 11.6 Å². The average Bonchev–Trinajstić information content (AvgIpc) is 2.58. The maximum atomic E-state index is 13.4. The Hall–Kier alpha value is -1.98. The number of ether oxygens (including phenoxy) is 1. The zero-order valence-electron chi connectivity index (χ0n) is 13.7. The van der Waals surface area contributed by atoms with Crippen molar-refractivity contribution >= 4 is 0 Å². The fourth-order valence-corrected chi connectivity index (χ4v) is 3.39. The molecule has 0 radical (unpaired) electrons. The van der Waals surface area contributed by atoms with Gasteiger partial charge in [-0.25, -0.2) is 8.78 Å². The number of nitrogens with zero attached hydrogens (tertiary/aromatic N) is 1. The SMILES string of the molecule is COc1cccc(C2CC(N)CN(Cc3ccc(F)c(F)c3)C2)c1. The first-order chi connectivity index (χ1) is 11.5. The van der Waals surface area contributed by atoms with Crippen molar-refractivity contribution in [2.24, 2.45) is 5.73 Å². The molecule has 5 heteroatoms. The van der Waals surface area contributed by atoms with Crippen LogP contribution in [0.3, 0.4) is 0 Å². The van der Waals surface area contributed by atoms with Gasteiger partial charge in [0.05, 0.1) is 7.11 Å². The van der Waals surface area contributed by atoms with E-state index in [1.54, 1.807) is 13.2 Å². The first-order valence-corrected chi connectivity index (χ1v) is 8.11. The van der Waals surface area contributed by atoms with Crippen LogP contribution in [0.15, 0.2) is 42.5 Å². The van der Waals surface area contributed by atoms with Crippen molar-refractivity contribution in [3.63, 3.8) is 0 Å². The van der Waals surface area contributed by atoms with Gasteiger partial charge in [-0.15, -0.1) is 0 Å². The predicted octanol–water partition coefficient (Wildman–Crippen LogP) is 3.29. The van der Waals surface area contributed by atoms with Gasteiger partial charge in [0.2, 0.25) is 0 Å². The molecule has 128 valence electrons. The first kappa shape index (κ1) is 16.9. The normalized spacial score (nSPS) is 21.7. The largest absolute Gasteiger partial charge is 0.497 e. The summed E-state index contributed by atoms with van der Waals surface area (Å²) in [6, 6.07) is 12.1. The van der Waals surface area contributed by atoms with E-state index in [1.807, 2.05) is 18.2 Å². The number of piperidine rings is 1. The summed E-state index contributed by atoms with van der Waals surface area (Å²) in [6.45, 7) is 2.14. The van der Waals surface area contributed by atoms with E-state index in [2.05, 4.69) is 11.0 Å². The van der Waals surface area contributed by atoms with Crippen LogP contribution in [0, 0.1) is 11.6 Å². The van der Waals surface area contributed by atoms with Crippen molar-refractivity contribution in [1.29, 1.82) is 0 Å². The van der Waals surface area contributed by atoms with Gasteiger partial charge in [-0.05, 0) is 47.7 Å². The van der Waals surface area contributed by atoms with E-state index in [0.717, 1.165) is 30.8 Å². The van der Waals surface area contributed by atoms with Gasteiger partial charge >= 0.3 is 0 Å². The lowest BCUT2D eigenvalue weighted by molar-refractivity contribution is 0.181. The highest BCUT2D eigenvalue weighted by Gasteiger charge is 2.26. The van der Waals surface area contributed by atoms with E-state index >= 15 is 0 Å². The molecule has 2 atom stereocenters. The number of benzene rings is 2. The molecule has 1 heterocycles. The lowest BCUT2D eigenvalue weighted by Gasteiger charge is -2.36. The maximum Gasteiger partial charge on any atom is 0.159 e. The van der Waals surface area contributed by atoms with Crippen LogP contribution in [0.25, 0.3) is 0 Å².